The first kappa shape index (κ1) is 17.7. The van der Waals surface area contributed by atoms with Crippen LogP contribution in [0.2, 0.25) is 0 Å². The zero-order chi connectivity index (χ0) is 16.7. The molecule has 0 aliphatic rings. The Morgan fingerprint density at radius 3 is 2.87 bits per heavy atom. The monoisotopic (exact) mass is 330 g/mol. The number of thiophene rings is 1. The number of methoxy groups -OCH3 is 1. The van der Waals surface area contributed by atoms with Gasteiger partial charge in [-0.05, 0) is 48.3 Å². The lowest BCUT2D eigenvalue weighted by Crippen LogP contribution is -2.00. The average Bonchev–Trinajstić information content (AvgIpc) is 3.01. The van der Waals surface area contributed by atoms with Crippen molar-refractivity contribution in [3.05, 3.63) is 47.4 Å². The number of rotatable bonds is 9. The summed E-state index contributed by atoms with van der Waals surface area (Å²) >= 11 is 1.52. The first-order valence-corrected chi connectivity index (χ1v) is 9.24. The summed E-state index contributed by atoms with van der Waals surface area (Å²) in [5.74, 6) is 0.286. The van der Waals surface area contributed by atoms with Crippen molar-refractivity contribution < 1.29 is 9.53 Å². The topological polar surface area (TPSA) is 26.3 Å². The second kappa shape index (κ2) is 8.88. The van der Waals surface area contributed by atoms with Crippen LogP contribution in [0.4, 0.5) is 0 Å². The molecular formula is C20H26O2S. The molecule has 0 bridgehead atoms. The number of benzene rings is 1. The molecule has 0 saturated heterocycles. The Morgan fingerprint density at radius 1 is 1.35 bits per heavy atom. The largest absolute Gasteiger partial charge is 0.465 e. The fraction of sp³-hybridized carbons (Fsp3) is 0.450. The quantitative estimate of drug-likeness (QED) is 0.305. The second-order valence-corrected chi connectivity index (χ2v) is 7.00. The molecule has 0 saturated carbocycles. The highest BCUT2D eigenvalue weighted by Crippen LogP contribution is 2.36. The minimum Gasteiger partial charge on any atom is -0.465 e. The number of unbranched alkanes of at least 4 members (excludes halogenated alkanes) is 2. The van der Waals surface area contributed by atoms with Gasteiger partial charge in [0.2, 0.25) is 0 Å². The van der Waals surface area contributed by atoms with Gasteiger partial charge in [0.1, 0.15) is 4.88 Å². The fourth-order valence-corrected chi connectivity index (χ4v) is 4.07. The van der Waals surface area contributed by atoms with Crippen LogP contribution in [0, 0.1) is 0 Å². The summed E-state index contributed by atoms with van der Waals surface area (Å²) in [5.41, 5.74) is 1.37. The van der Waals surface area contributed by atoms with Gasteiger partial charge in [-0.3, -0.25) is 0 Å². The highest BCUT2D eigenvalue weighted by atomic mass is 32.1. The highest BCUT2D eigenvalue weighted by Gasteiger charge is 2.17. The van der Waals surface area contributed by atoms with E-state index in [1.54, 1.807) is 0 Å². The second-order valence-electron chi connectivity index (χ2n) is 5.92. The van der Waals surface area contributed by atoms with E-state index in [9.17, 15) is 4.79 Å². The maximum absolute atomic E-state index is 11.8. The van der Waals surface area contributed by atoms with Crippen molar-refractivity contribution in [1.29, 1.82) is 0 Å². The molecule has 1 aromatic carbocycles. The molecule has 0 spiro atoms. The van der Waals surface area contributed by atoms with Crippen molar-refractivity contribution in [2.75, 3.05) is 7.11 Å². The van der Waals surface area contributed by atoms with E-state index in [1.807, 2.05) is 12.1 Å². The number of ether oxygens (including phenoxy) is 1. The fourth-order valence-electron chi connectivity index (χ4n) is 3.06. The molecule has 124 valence electrons. The third-order valence-corrected chi connectivity index (χ3v) is 5.38. The zero-order valence-corrected chi connectivity index (χ0v) is 15.0. The van der Waals surface area contributed by atoms with E-state index in [0.717, 1.165) is 12.8 Å². The molecule has 1 heterocycles. The molecule has 0 fully saturated rings. The van der Waals surface area contributed by atoms with E-state index in [1.165, 1.54) is 59.8 Å². The van der Waals surface area contributed by atoms with Crippen LogP contribution >= 0.6 is 11.3 Å². The maximum Gasteiger partial charge on any atom is 0.348 e. The van der Waals surface area contributed by atoms with Crippen molar-refractivity contribution in [3.8, 4) is 0 Å². The lowest BCUT2D eigenvalue weighted by atomic mass is 9.87. The van der Waals surface area contributed by atoms with E-state index in [4.69, 9.17) is 4.74 Å². The van der Waals surface area contributed by atoms with Crippen LogP contribution in [-0.2, 0) is 4.74 Å². The Bertz CT molecular complexity index is 657. The van der Waals surface area contributed by atoms with Gasteiger partial charge in [0, 0.05) is 4.70 Å². The summed E-state index contributed by atoms with van der Waals surface area (Å²) in [6.07, 6.45) is 9.12. The van der Waals surface area contributed by atoms with Crippen LogP contribution in [-0.4, -0.2) is 13.1 Å². The van der Waals surface area contributed by atoms with Crippen LogP contribution in [0.1, 0.15) is 66.6 Å². The first-order valence-electron chi connectivity index (χ1n) is 8.42. The van der Waals surface area contributed by atoms with Crippen LogP contribution in [0.15, 0.2) is 36.9 Å². The number of fused-ring (bicyclic) bond motifs is 1. The van der Waals surface area contributed by atoms with Gasteiger partial charge >= 0.3 is 5.97 Å². The van der Waals surface area contributed by atoms with Crippen LogP contribution in [0.5, 0.6) is 0 Å². The summed E-state index contributed by atoms with van der Waals surface area (Å²) in [4.78, 5) is 12.5. The number of hydrogen-bond acceptors (Lipinski definition) is 3. The molecule has 2 nitrogen and oxygen atoms in total. The molecule has 3 heteroatoms. The van der Waals surface area contributed by atoms with Crippen molar-refractivity contribution in [1.82, 2.24) is 0 Å². The third kappa shape index (κ3) is 4.44. The van der Waals surface area contributed by atoms with Gasteiger partial charge in [0.05, 0.1) is 7.11 Å². The molecule has 1 atom stereocenters. The average molecular weight is 330 g/mol. The Hall–Kier alpha value is -1.61. The van der Waals surface area contributed by atoms with E-state index < -0.39 is 0 Å². The lowest BCUT2D eigenvalue weighted by Gasteiger charge is -2.18. The van der Waals surface area contributed by atoms with E-state index >= 15 is 0 Å². The Labute approximate surface area is 143 Å². The predicted octanol–water partition coefficient (Wildman–Crippen LogP) is 6.32. The van der Waals surface area contributed by atoms with Crippen LogP contribution in [0.25, 0.3) is 10.1 Å². The molecule has 0 amide bonds. The van der Waals surface area contributed by atoms with Gasteiger partial charge in [-0.1, -0.05) is 44.4 Å². The normalized spacial score (nSPS) is 12.3. The van der Waals surface area contributed by atoms with Crippen molar-refractivity contribution in [2.24, 2.45) is 0 Å². The third-order valence-electron chi connectivity index (χ3n) is 4.30. The molecule has 0 aliphatic heterocycles. The molecule has 0 N–H and O–H groups in total. The lowest BCUT2D eigenvalue weighted by molar-refractivity contribution is 0.0606. The standard InChI is InChI=1S/C20H26O2S/c1-4-6-8-11-15(10-7-5-2)16-12-9-13-18-17(16)14-19(23-18)20(21)22-3/h5,9,12-15H,2,4,6-8,10-11H2,1,3H3. The molecule has 0 radical (unpaired) electrons. The molecule has 1 unspecified atom stereocenters. The van der Waals surface area contributed by atoms with Gasteiger partial charge in [-0.15, -0.1) is 17.9 Å². The molecule has 1 aromatic heterocycles. The van der Waals surface area contributed by atoms with E-state index in [-0.39, 0.29) is 5.97 Å². The number of carbonyl (C=O) groups excluding carboxylic acids is 1. The van der Waals surface area contributed by atoms with Gasteiger partial charge in [-0.25, -0.2) is 4.79 Å². The van der Waals surface area contributed by atoms with Crippen LogP contribution in [0.3, 0.4) is 0 Å². The smallest absolute Gasteiger partial charge is 0.348 e. The molecule has 2 aromatic rings. The highest BCUT2D eigenvalue weighted by molar-refractivity contribution is 7.20. The van der Waals surface area contributed by atoms with E-state index in [2.05, 4.69) is 31.7 Å². The summed E-state index contributed by atoms with van der Waals surface area (Å²) in [5, 5.41) is 1.21. The number of hydrogen-bond donors (Lipinski definition) is 0. The molecule has 0 aliphatic carbocycles. The number of carbonyl (C=O) groups is 1. The van der Waals surface area contributed by atoms with Gasteiger partial charge < -0.3 is 4.74 Å². The van der Waals surface area contributed by atoms with Crippen molar-refractivity contribution >= 4 is 27.4 Å². The molecule has 2 rings (SSSR count). The molecule has 23 heavy (non-hydrogen) atoms. The molecular weight excluding hydrogens is 304 g/mol. The first-order chi connectivity index (χ1) is 11.2. The SMILES string of the molecule is C=CCCC(CCCCC)c1cccc2sc(C(=O)OC)cc12. The number of allylic oxidation sites excluding steroid dienone is 1. The summed E-state index contributed by atoms with van der Waals surface area (Å²) in [6.45, 7) is 6.10. The summed E-state index contributed by atoms with van der Waals surface area (Å²) in [7, 11) is 1.44. The number of esters is 1. The minimum absolute atomic E-state index is 0.245. The zero-order valence-electron chi connectivity index (χ0n) is 14.1. The Morgan fingerprint density at radius 2 is 2.17 bits per heavy atom. The van der Waals surface area contributed by atoms with Crippen molar-refractivity contribution in [2.45, 2.75) is 51.4 Å². The van der Waals surface area contributed by atoms with E-state index in [0.29, 0.717) is 10.8 Å². The van der Waals surface area contributed by atoms with Gasteiger partial charge in [0.25, 0.3) is 0 Å². The summed E-state index contributed by atoms with van der Waals surface area (Å²) < 4.78 is 6.04. The Kier molecular flexibility index (Phi) is 6.85. The van der Waals surface area contributed by atoms with Gasteiger partial charge in [0.15, 0.2) is 0 Å². The predicted molar refractivity (Wildman–Crippen MR) is 99.5 cm³/mol. The minimum atomic E-state index is -0.245. The maximum atomic E-state index is 11.8. The van der Waals surface area contributed by atoms with Crippen LogP contribution < -0.4 is 0 Å². The Balaban J connectivity index is 2.34. The summed E-state index contributed by atoms with van der Waals surface area (Å²) in [6, 6.07) is 8.42. The van der Waals surface area contributed by atoms with Crippen molar-refractivity contribution in [3.63, 3.8) is 0 Å². The van der Waals surface area contributed by atoms with Gasteiger partial charge in [-0.2, -0.15) is 0 Å².